The molecule has 0 radical (unpaired) electrons. The fourth-order valence-electron chi connectivity index (χ4n) is 2.61. The average molecular weight is 380 g/mol. The Hall–Kier alpha value is -3.34. The van der Waals surface area contributed by atoms with E-state index >= 15 is 0 Å². The van der Waals surface area contributed by atoms with Gasteiger partial charge in [-0.05, 0) is 24.3 Å². The molecule has 140 valence electrons. The molecule has 3 rings (SSSR count). The lowest BCUT2D eigenvalue weighted by Gasteiger charge is -2.31. The van der Waals surface area contributed by atoms with E-state index in [-0.39, 0.29) is 16.8 Å². The summed E-state index contributed by atoms with van der Waals surface area (Å²) in [5, 5.41) is 25.3. The Bertz CT molecular complexity index is 916. The number of hydrazone groups is 1. The van der Waals surface area contributed by atoms with Gasteiger partial charge >= 0.3 is 6.18 Å². The molecule has 27 heavy (non-hydrogen) atoms. The van der Waals surface area contributed by atoms with E-state index in [1.54, 1.807) is 0 Å². The lowest BCUT2D eigenvalue weighted by atomic mass is 9.96. The number of alkyl halides is 3. The number of aliphatic hydroxyl groups is 1. The van der Waals surface area contributed by atoms with Gasteiger partial charge in [-0.2, -0.15) is 23.3 Å². The van der Waals surface area contributed by atoms with Gasteiger partial charge in [0.15, 0.2) is 5.72 Å². The summed E-state index contributed by atoms with van der Waals surface area (Å²) in [6.07, 6.45) is -3.33. The van der Waals surface area contributed by atoms with Gasteiger partial charge in [0.2, 0.25) is 0 Å². The first-order valence-corrected chi connectivity index (χ1v) is 7.49. The highest BCUT2D eigenvalue weighted by molar-refractivity contribution is 5.99. The van der Waals surface area contributed by atoms with Crippen LogP contribution in [0.1, 0.15) is 22.3 Å². The van der Waals surface area contributed by atoms with E-state index in [4.69, 9.17) is 0 Å². The van der Waals surface area contributed by atoms with Crippen LogP contribution in [0.5, 0.6) is 0 Å². The van der Waals surface area contributed by atoms with E-state index < -0.39 is 34.9 Å². The third-order valence-corrected chi connectivity index (χ3v) is 3.97. The third kappa shape index (κ3) is 3.36. The van der Waals surface area contributed by atoms with Crippen molar-refractivity contribution in [3.8, 4) is 0 Å². The molecule has 1 aliphatic rings. The number of carbonyl (C=O) groups excluding carboxylic acids is 1. The molecule has 0 aliphatic carbocycles. The number of nitrogens with zero attached hydrogens (tertiary/aromatic N) is 4. The van der Waals surface area contributed by atoms with Crippen LogP contribution in [0.4, 0.5) is 18.9 Å². The van der Waals surface area contributed by atoms with Gasteiger partial charge in [-0.1, -0.05) is 0 Å². The molecule has 0 saturated carbocycles. The van der Waals surface area contributed by atoms with E-state index in [1.807, 2.05) is 0 Å². The first kappa shape index (κ1) is 18.5. The lowest BCUT2D eigenvalue weighted by Crippen LogP contribution is -2.43. The predicted octanol–water partition coefficient (Wildman–Crippen LogP) is 2.60. The van der Waals surface area contributed by atoms with Crippen molar-refractivity contribution in [1.82, 2.24) is 9.99 Å². The van der Waals surface area contributed by atoms with Gasteiger partial charge in [0.1, 0.15) is 5.71 Å². The molecule has 1 unspecified atom stereocenters. The number of halogens is 3. The molecule has 1 atom stereocenters. The molecule has 0 spiro atoms. The van der Waals surface area contributed by atoms with Gasteiger partial charge in [-0.25, -0.2) is 0 Å². The normalized spacial score (nSPS) is 19.7. The van der Waals surface area contributed by atoms with Gasteiger partial charge < -0.3 is 5.11 Å². The highest BCUT2D eigenvalue weighted by Crippen LogP contribution is 2.40. The van der Waals surface area contributed by atoms with Crippen LogP contribution >= 0.6 is 0 Å². The number of rotatable bonds is 3. The summed E-state index contributed by atoms with van der Waals surface area (Å²) < 4.78 is 39.4. The van der Waals surface area contributed by atoms with Crippen LogP contribution in [0.3, 0.4) is 0 Å². The van der Waals surface area contributed by atoms with Crippen molar-refractivity contribution in [3.63, 3.8) is 0 Å². The second kappa shape index (κ2) is 6.43. The van der Waals surface area contributed by atoms with Gasteiger partial charge in [0, 0.05) is 35.7 Å². The van der Waals surface area contributed by atoms with Gasteiger partial charge in [-0.3, -0.25) is 19.9 Å². The van der Waals surface area contributed by atoms with Gasteiger partial charge in [0.05, 0.1) is 11.3 Å². The monoisotopic (exact) mass is 380 g/mol. The van der Waals surface area contributed by atoms with Crippen molar-refractivity contribution in [2.75, 3.05) is 0 Å². The van der Waals surface area contributed by atoms with Crippen LogP contribution in [-0.2, 0) is 5.72 Å². The van der Waals surface area contributed by atoms with Gasteiger partial charge in [0.25, 0.3) is 11.6 Å². The molecular formula is C16H11F3N4O4. The zero-order chi connectivity index (χ0) is 19.8. The maximum atomic E-state index is 13.1. The first-order valence-electron chi connectivity index (χ1n) is 7.49. The topological polar surface area (TPSA) is 109 Å². The zero-order valence-electron chi connectivity index (χ0n) is 13.4. The Balaban J connectivity index is 2.06. The van der Waals surface area contributed by atoms with Crippen LogP contribution in [-0.4, -0.2) is 37.8 Å². The zero-order valence-corrected chi connectivity index (χ0v) is 13.4. The van der Waals surface area contributed by atoms with Crippen LogP contribution in [0.15, 0.2) is 53.9 Å². The van der Waals surface area contributed by atoms with Crippen LogP contribution < -0.4 is 0 Å². The second-order valence-electron chi connectivity index (χ2n) is 5.69. The Kier molecular flexibility index (Phi) is 4.39. The number of nitro groups is 1. The highest BCUT2D eigenvalue weighted by atomic mass is 19.4. The second-order valence-corrected chi connectivity index (χ2v) is 5.69. The molecule has 1 aliphatic heterocycles. The number of hydrogen-bond acceptors (Lipinski definition) is 6. The Labute approximate surface area is 149 Å². The summed E-state index contributed by atoms with van der Waals surface area (Å²) in [6.45, 7) is 0. The fourth-order valence-corrected chi connectivity index (χ4v) is 2.61. The number of aromatic nitrogens is 1. The molecule has 2 heterocycles. The quantitative estimate of drug-likeness (QED) is 0.650. The molecule has 1 aromatic heterocycles. The minimum absolute atomic E-state index is 0.0301. The average Bonchev–Trinajstić information content (AvgIpc) is 3.01. The molecule has 2 aromatic rings. The number of hydrogen-bond donors (Lipinski definition) is 1. The summed E-state index contributed by atoms with van der Waals surface area (Å²) >= 11 is 0. The molecular weight excluding hydrogens is 369 g/mol. The van der Waals surface area contributed by atoms with Crippen molar-refractivity contribution in [2.45, 2.75) is 18.3 Å². The molecule has 0 saturated heterocycles. The van der Waals surface area contributed by atoms with Crippen molar-refractivity contribution < 1.29 is 28.0 Å². The molecule has 1 aromatic carbocycles. The molecule has 11 heteroatoms. The summed E-state index contributed by atoms with van der Waals surface area (Å²) in [4.78, 5) is 26.4. The molecule has 8 nitrogen and oxygen atoms in total. The van der Waals surface area contributed by atoms with E-state index in [0.29, 0.717) is 5.01 Å². The van der Waals surface area contributed by atoms with Crippen LogP contribution in [0.2, 0.25) is 0 Å². The minimum Gasteiger partial charge on any atom is -0.365 e. The molecule has 1 amide bonds. The predicted molar refractivity (Wildman–Crippen MR) is 85.5 cm³/mol. The van der Waals surface area contributed by atoms with Crippen molar-refractivity contribution in [1.29, 1.82) is 0 Å². The summed E-state index contributed by atoms with van der Waals surface area (Å²) in [6, 6.07) is 6.74. The summed E-state index contributed by atoms with van der Waals surface area (Å²) in [5.74, 6) is -0.975. The van der Waals surface area contributed by atoms with E-state index in [1.165, 1.54) is 24.5 Å². The molecule has 1 N–H and O–H groups in total. The van der Waals surface area contributed by atoms with E-state index in [9.17, 15) is 33.2 Å². The summed E-state index contributed by atoms with van der Waals surface area (Å²) in [7, 11) is 0. The SMILES string of the molecule is O=C(c1ccncc1)N1N=C(C(F)(F)F)CC1(O)c1ccc([N+](=O)[O-])cc1. The Morgan fingerprint density at radius 2 is 1.78 bits per heavy atom. The largest absolute Gasteiger partial charge is 0.431 e. The van der Waals surface area contributed by atoms with Crippen molar-refractivity contribution >= 4 is 17.3 Å². The lowest BCUT2D eigenvalue weighted by molar-refractivity contribution is -0.384. The van der Waals surface area contributed by atoms with Crippen LogP contribution in [0, 0.1) is 10.1 Å². The number of nitro benzene ring substituents is 1. The number of carbonyl (C=O) groups is 1. The number of amides is 1. The van der Waals surface area contributed by atoms with Gasteiger partial charge in [-0.15, -0.1) is 0 Å². The van der Waals surface area contributed by atoms with Crippen LogP contribution in [0.25, 0.3) is 0 Å². The highest BCUT2D eigenvalue weighted by Gasteiger charge is 2.53. The smallest absolute Gasteiger partial charge is 0.365 e. The Morgan fingerprint density at radius 1 is 1.19 bits per heavy atom. The number of benzene rings is 1. The van der Waals surface area contributed by atoms with Crippen molar-refractivity contribution in [2.24, 2.45) is 5.10 Å². The van der Waals surface area contributed by atoms with Crippen molar-refractivity contribution in [3.05, 3.63) is 70.0 Å². The van der Waals surface area contributed by atoms with E-state index in [0.717, 1.165) is 24.3 Å². The fraction of sp³-hybridized carbons (Fsp3) is 0.188. The maximum absolute atomic E-state index is 13.1. The maximum Gasteiger partial charge on any atom is 0.431 e. The summed E-state index contributed by atoms with van der Waals surface area (Å²) in [5.41, 5.74) is -4.27. The molecule has 0 fully saturated rings. The number of non-ortho nitro benzene ring substituents is 1. The minimum atomic E-state index is -4.86. The standard InChI is InChI=1S/C16H11F3N4O4/c17-16(18,19)13-9-15(25,11-1-3-12(4-2-11)23(26)27)22(21-13)14(24)10-5-7-20-8-6-10/h1-8,25H,9H2. The van der Waals surface area contributed by atoms with E-state index in [2.05, 4.69) is 10.1 Å². The molecule has 0 bridgehead atoms. The third-order valence-electron chi connectivity index (χ3n) is 3.97. The first-order chi connectivity index (χ1) is 12.6. The Morgan fingerprint density at radius 3 is 2.30 bits per heavy atom. The number of pyridine rings is 1.